The maximum absolute atomic E-state index is 12.8. The number of nitrogen functional groups attached to an aromatic ring is 1. The number of aliphatic hydroxyl groups excluding tert-OH is 1. The molecule has 9 nitrogen and oxygen atoms in total. The Hall–Kier alpha value is -2.79. The molecule has 0 amide bonds. The highest BCUT2D eigenvalue weighted by molar-refractivity contribution is 7.17. The molecule has 2 aromatic heterocycles. The summed E-state index contributed by atoms with van der Waals surface area (Å²) >= 11 is 7.53. The van der Waals surface area contributed by atoms with Gasteiger partial charge in [0.05, 0.1) is 17.7 Å². The molecule has 1 aromatic carbocycles. The molecule has 3 aromatic rings. The Balaban J connectivity index is 1.43. The van der Waals surface area contributed by atoms with Crippen LogP contribution in [0.15, 0.2) is 30.5 Å². The predicted octanol–water partition coefficient (Wildman–Crippen LogP) is 2.76. The van der Waals surface area contributed by atoms with Crippen molar-refractivity contribution < 1.29 is 9.90 Å². The number of thiazole rings is 1. The van der Waals surface area contributed by atoms with Gasteiger partial charge in [-0.15, -0.1) is 0 Å². The summed E-state index contributed by atoms with van der Waals surface area (Å²) in [6, 6.07) is 7.43. The van der Waals surface area contributed by atoms with Gasteiger partial charge < -0.3 is 21.1 Å². The number of aliphatic hydroxyl groups is 1. The number of carbonyl (C=O) groups is 1. The summed E-state index contributed by atoms with van der Waals surface area (Å²) in [7, 11) is 0. The van der Waals surface area contributed by atoms with Crippen molar-refractivity contribution in [3.8, 4) is 0 Å². The smallest absolute Gasteiger partial charge is 0.223 e. The largest absolute Gasteiger partial charge is 0.395 e. The van der Waals surface area contributed by atoms with E-state index in [2.05, 4.69) is 30.1 Å². The minimum Gasteiger partial charge on any atom is -0.395 e. The minimum absolute atomic E-state index is 0.0413. The van der Waals surface area contributed by atoms with Crippen LogP contribution in [0.4, 0.5) is 22.7 Å². The molecule has 0 unspecified atom stereocenters. The number of halogens is 1. The van der Waals surface area contributed by atoms with E-state index in [1.54, 1.807) is 12.3 Å². The summed E-state index contributed by atoms with van der Waals surface area (Å²) in [6.45, 7) is 6.03. The van der Waals surface area contributed by atoms with Crippen LogP contribution in [-0.4, -0.2) is 70.1 Å². The van der Waals surface area contributed by atoms with Gasteiger partial charge in [-0.25, -0.2) is 4.98 Å². The third-order valence-electron chi connectivity index (χ3n) is 5.55. The Bertz CT molecular complexity index is 1110. The zero-order valence-corrected chi connectivity index (χ0v) is 19.9. The molecule has 0 radical (unpaired) electrons. The molecule has 1 fully saturated rings. The lowest BCUT2D eigenvalue weighted by Crippen LogP contribution is -2.47. The van der Waals surface area contributed by atoms with Gasteiger partial charge in [-0.1, -0.05) is 35.1 Å². The second-order valence-electron chi connectivity index (χ2n) is 7.81. The number of hydrogen-bond acceptors (Lipinski definition) is 10. The third-order valence-corrected chi connectivity index (χ3v) is 6.86. The fourth-order valence-electron chi connectivity index (χ4n) is 3.73. The first-order valence-corrected chi connectivity index (χ1v) is 11.8. The fraction of sp³-hybridized carbons (Fsp3) is 0.364. The normalized spacial score (nSPS) is 14.5. The number of piperazine rings is 1. The Morgan fingerprint density at radius 1 is 1.27 bits per heavy atom. The number of benzene rings is 1. The molecule has 0 spiro atoms. The van der Waals surface area contributed by atoms with Gasteiger partial charge in [-0.05, 0) is 24.1 Å². The van der Waals surface area contributed by atoms with Gasteiger partial charge in [0.1, 0.15) is 11.6 Å². The monoisotopic (exact) mass is 487 g/mol. The van der Waals surface area contributed by atoms with Crippen molar-refractivity contribution in [3.05, 3.63) is 51.5 Å². The Labute approximate surface area is 201 Å². The summed E-state index contributed by atoms with van der Waals surface area (Å²) in [5.41, 5.74) is 7.77. The number of rotatable bonds is 8. The Kier molecular flexibility index (Phi) is 7.39. The lowest BCUT2D eigenvalue weighted by Gasteiger charge is -2.35. The van der Waals surface area contributed by atoms with Crippen LogP contribution in [0.5, 0.6) is 0 Å². The molecule has 1 saturated heterocycles. The average molecular weight is 488 g/mol. The quantitative estimate of drug-likeness (QED) is 0.412. The molecular formula is C22H26ClN7O2S. The van der Waals surface area contributed by atoms with Crippen LogP contribution in [0, 0.1) is 6.92 Å². The molecule has 0 aliphatic carbocycles. The minimum atomic E-state index is -0.0413. The van der Waals surface area contributed by atoms with E-state index in [0.717, 1.165) is 43.1 Å². The number of nitrogens with one attached hydrogen (secondary N) is 1. The number of carbonyl (C=O) groups excluding carboxylic acids is 1. The van der Waals surface area contributed by atoms with E-state index < -0.39 is 0 Å². The first-order valence-electron chi connectivity index (χ1n) is 10.7. The highest BCUT2D eigenvalue weighted by Gasteiger charge is 2.19. The first-order chi connectivity index (χ1) is 15.9. The number of nitrogens with zero attached hydrogens (tertiary/aromatic N) is 5. The summed E-state index contributed by atoms with van der Waals surface area (Å²) in [6.07, 6.45) is 1.79. The molecular weight excluding hydrogens is 462 g/mol. The first kappa shape index (κ1) is 23.4. The third kappa shape index (κ3) is 5.77. The summed E-state index contributed by atoms with van der Waals surface area (Å²) in [4.78, 5) is 30.6. The van der Waals surface area contributed by atoms with E-state index in [9.17, 15) is 4.79 Å². The van der Waals surface area contributed by atoms with Crippen molar-refractivity contribution in [2.75, 3.05) is 55.3 Å². The van der Waals surface area contributed by atoms with Crippen molar-refractivity contribution in [1.82, 2.24) is 19.9 Å². The molecule has 11 heteroatoms. The van der Waals surface area contributed by atoms with Gasteiger partial charge >= 0.3 is 0 Å². The van der Waals surface area contributed by atoms with E-state index in [0.29, 0.717) is 27.4 Å². The van der Waals surface area contributed by atoms with Gasteiger partial charge in [0.25, 0.3) is 0 Å². The van der Waals surface area contributed by atoms with Gasteiger partial charge in [0, 0.05) is 50.2 Å². The van der Waals surface area contributed by atoms with E-state index >= 15 is 0 Å². The summed E-state index contributed by atoms with van der Waals surface area (Å²) in [5.74, 6) is 1.37. The molecule has 174 valence electrons. The number of aryl methyl sites for hydroxylation is 1. The Morgan fingerprint density at radius 2 is 2.06 bits per heavy atom. The number of Topliss-reactive ketones (excluding diaryl/α,β-unsaturated/α-hetero) is 1. The summed E-state index contributed by atoms with van der Waals surface area (Å²) < 4.78 is 0. The second-order valence-corrected chi connectivity index (χ2v) is 9.25. The van der Waals surface area contributed by atoms with Crippen LogP contribution < -0.4 is 16.0 Å². The van der Waals surface area contributed by atoms with Crippen LogP contribution in [0.1, 0.15) is 20.8 Å². The predicted molar refractivity (Wildman–Crippen MR) is 132 cm³/mol. The molecule has 0 saturated carbocycles. The van der Waals surface area contributed by atoms with Crippen molar-refractivity contribution in [2.24, 2.45) is 0 Å². The average Bonchev–Trinajstić information content (AvgIpc) is 3.25. The zero-order chi connectivity index (χ0) is 23.4. The molecule has 0 atom stereocenters. The van der Waals surface area contributed by atoms with Gasteiger partial charge in [0.2, 0.25) is 5.95 Å². The number of hydrogen-bond donors (Lipinski definition) is 3. The number of anilines is 4. The highest BCUT2D eigenvalue weighted by atomic mass is 35.5. The molecule has 4 N–H and O–H groups in total. The van der Waals surface area contributed by atoms with Crippen molar-refractivity contribution in [1.29, 1.82) is 0 Å². The molecule has 0 bridgehead atoms. The van der Waals surface area contributed by atoms with Crippen molar-refractivity contribution in [3.63, 3.8) is 0 Å². The van der Waals surface area contributed by atoms with Gasteiger partial charge in [-0.3, -0.25) is 9.69 Å². The van der Waals surface area contributed by atoms with Crippen LogP contribution in [0.25, 0.3) is 0 Å². The summed E-state index contributed by atoms with van der Waals surface area (Å²) in [5, 5.41) is 13.4. The number of nitrogens with two attached hydrogens (primary N) is 1. The highest BCUT2D eigenvalue weighted by Crippen LogP contribution is 2.27. The lowest BCUT2D eigenvalue weighted by molar-refractivity contribution is 0.0996. The van der Waals surface area contributed by atoms with E-state index in [4.69, 9.17) is 22.4 Å². The zero-order valence-electron chi connectivity index (χ0n) is 18.3. The van der Waals surface area contributed by atoms with Crippen LogP contribution in [0.2, 0.25) is 5.02 Å². The van der Waals surface area contributed by atoms with Gasteiger partial charge in [-0.2, -0.15) is 9.97 Å². The van der Waals surface area contributed by atoms with Crippen molar-refractivity contribution >= 4 is 51.4 Å². The van der Waals surface area contributed by atoms with Crippen LogP contribution in [-0.2, 0) is 6.42 Å². The van der Waals surface area contributed by atoms with E-state index in [1.165, 1.54) is 11.3 Å². The van der Waals surface area contributed by atoms with Crippen LogP contribution in [0.3, 0.4) is 0 Å². The van der Waals surface area contributed by atoms with Gasteiger partial charge in [0.15, 0.2) is 10.9 Å². The maximum Gasteiger partial charge on any atom is 0.223 e. The lowest BCUT2D eigenvalue weighted by atomic mass is 10.0. The van der Waals surface area contributed by atoms with Crippen molar-refractivity contribution in [2.45, 2.75) is 13.3 Å². The molecule has 33 heavy (non-hydrogen) atoms. The maximum atomic E-state index is 12.8. The number of ketones is 1. The molecule has 1 aliphatic rings. The fourth-order valence-corrected chi connectivity index (χ4v) is 4.78. The number of β-amino-alcohol motifs (C(OH)–C–C–N with tert-alkyl or cyclic N) is 1. The Morgan fingerprint density at radius 3 is 2.79 bits per heavy atom. The standard InChI is InChI=1S/C22H26ClN7O2S/c1-14-3-2-4-16(23)15(14)11-17(32)18-13-25-22(33-18)27-19-12-20(28-21(24)26-19)30-7-5-29(6-8-30)9-10-31/h2-4,12-13,31H,5-11H2,1H3,(H3,24,25,26,27,28). The van der Waals surface area contributed by atoms with Crippen LogP contribution >= 0.6 is 22.9 Å². The topological polar surface area (TPSA) is 120 Å². The van der Waals surface area contributed by atoms with E-state index in [-0.39, 0.29) is 24.8 Å². The molecule has 1 aliphatic heterocycles. The SMILES string of the molecule is Cc1cccc(Cl)c1CC(=O)c1cnc(Nc2cc(N3CCN(CCO)CC3)nc(N)n2)s1. The second kappa shape index (κ2) is 10.4. The molecule has 3 heterocycles. The van der Waals surface area contributed by atoms with E-state index in [1.807, 2.05) is 25.1 Å². The molecule has 4 rings (SSSR count). The number of aromatic nitrogens is 3.